The standard InChI is InChI=1S/C14H12O2S.CHF3/c1-16-14(15)12-9-5-6-10-13(12)17-11-7-3-2-4-8-11;2-1(3)4/h2-10H,1H3;1H. The van der Waals surface area contributed by atoms with E-state index in [-0.39, 0.29) is 5.97 Å². The molecule has 112 valence electrons. The third kappa shape index (κ3) is 6.35. The van der Waals surface area contributed by atoms with Crippen LogP contribution < -0.4 is 0 Å². The lowest BCUT2D eigenvalue weighted by Crippen LogP contribution is -2.02. The Morgan fingerprint density at radius 3 is 2.10 bits per heavy atom. The van der Waals surface area contributed by atoms with Gasteiger partial charge in [-0.25, -0.2) is 4.79 Å². The molecule has 2 rings (SSSR count). The van der Waals surface area contributed by atoms with Crippen LogP contribution in [0.5, 0.6) is 0 Å². The third-order valence-corrected chi connectivity index (χ3v) is 3.35. The molecule has 2 nitrogen and oxygen atoms in total. The topological polar surface area (TPSA) is 26.3 Å². The second kappa shape index (κ2) is 9.07. The van der Waals surface area contributed by atoms with Crippen LogP contribution in [0, 0.1) is 0 Å². The van der Waals surface area contributed by atoms with Gasteiger partial charge in [0, 0.05) is 9.79 Å². The average Bonchev–Trinajstić information content (AvgIpc) is 2.47. The molecular weight excluding hydrogens is 301 g/mol. The monoisotopic (exact) mass is 314 g/mol. The highest BCUT2D eigenvalue weighted by molar-refractivity contribution is 7.99. The molecule has 0 radical (unpaired) electrons. The van der Waals surface area contributed by atoms with E-state index in [1.54, 1.807) is 17.8 Å². The van der Waals surface area contributed by atoms with Gasteiger partial charge in [-0.05, 0) is 24.3 Å². The van der Waals surface area contributed by atoms with Crippen molar-refractivity contribution in [3.05, 3.63) is 60.2 Å². The molecule has 0 bridgehead atoms. The number of benzene rings is 2. The van der Waals surface area contributed by atoms with Gasteiger partial charge in [-0.3, -0.25) is 0 Å². The zero-order chi connectivity index (χ0) is 15.7. The van der Waals surface area contributed by atoms with Crippen LogP contribution in [-0.2, 0) is 4.74 Å². The molecule has 0 saturated carbocycles. The predicted molar refractivity (Wildman–Crippen MR) is 75.5 cm³/mol. The Balaban J connectivity index is 0.000000491. The summed E-state index contributed by atoms with van der Waals surface area (Å²) < 4.78 is 33.8. The number of halogens is 3. The number of carbonyl (C=O) groups excluding carboxylic acids is 1. The van der Waals surface area contributed by atoms with E-state index in [0.29, 0.717) is 5.56 Å². The van der Waals surface area contributed by atoms with Gasteiger partial charge in [-0.1, -0.05) is 42.1 Å². The van der Waals surface area contributed by atoms with Crippen LogP contribution in [0.2, 0.25) is 0 Å². The van der Waals surface area contributed by atoms with Gasteiger partial charge in [0.2, 0.25) is 0 Å². The first kappa shape index (κ1) is 17.1. The van der Waals surface area contributed by atoms with Crippen LogP contribution in [0.1, 0.15) is 10.4 Å². The predicted octanol–water partition coefficient (Wildman–Crippen LogP) is 4.80. The number of hydrogen-bond donors (Lipinski definition) is 0. The minimum absolute atomic E-state index is 0.302. The minimum Gasteiger partial charge on any atom is -0.465 e. The maximum absolute atomic E-state index is 11.6. The first-order valence-corrected chi connectivity index (χ1v) is 6.68. The second-order valence-electron chi connectivity index (χ2n) is 3.65. The van der Waals surface area contributed by atoms with Gasteiger partial charge in [0.05, 0.1) is 12.7 Å². The Morgan fingerprint density at radius 2 is 1.52 bits per heavy atom. The van der Waals surface area contributed by atoms with Gasteiger partial charge in [0.15, 0.2) is 0 Å². The van der Waals surface area contributed by atoms with Crippen LogP contribution >= 0.6 is 11.8 Å². The van der Waals surface area contributed by atoms with Crippen molar-refractivity contribution in [2.75, 3.05) is 7.11 Å². The molecule has 0 spiro atoms. The molecular formula is C15H13F3O2S. The third-order valence-electron chi connectivity index (χ3n) is 2.26. The van der Waals surface area contributed by atoms with Crippen LogP contribution in [0.3, 0.4) is 0 Å². The summed E-state index contributed by atoms with van der Waals surface area (Å²) in [5.74, 6) is -0.302. The highest BCUT2D eigenvalue weighted by Gasteiger charge is 2.11. The summed E-state index contributed by atoms with van der Waals surface area (Å²) in [6.07, 6.45) is 0. The van der Waals surface area contributed by atoms with Crippen molar-refractivity contribution in [1.29, 1.82) is 0 Å². The van der Waals surface area contributed by atoms with Crippen molar-refractivity contribution in [3.63, 3.8) is 0 Å². The molecule has 2 aromatic rings. The fourth-order valence-corrected chi connectivity index (χ4v) is 2.40. The Kier molecular flexibility index (Phi) is 7.39. The number of ether oxygens (including phenoxy) is 1. The van der Waals surface area contributed by atoms with Crippen molar-refractivity contribution in [1.82, 2.24) is 0 Å². The molecule has 0 saturated heterocycles. The molecule has 0 aliphatic rings. The van der Waals surface area contributed by atoms with Gasteiger partial charge in [-0.15, -0.1) is 0 Å². The largest absolute Gasteiger partial charge is 0.465 e. The first-order valence-electron chi connectivity index (χ1n) is 5.87. The summed E-state index contributed by atoms with van der Waals surface area (Å²) in [7, 11) is 1.40. The van der Waals surface area contributed by atoms with Gasteiger partial charge in [0.1, 0.15) is 0 Å². The highest BCUT2D eigenvalue weighted by Crippen LogP contribution is 2.30. The maximum Gasteiger partial charge on any atom is 0.379 e. The maximum atomic E-state index is 11.6. The number of hydrogen-bond acceptors (Lipinski definition) is 3. The summed E-state index contributed by atoms with van der Waals surface area (Å²) in [6, 6.07) is 17.4. The lowest BCUT2D eigenvalue weighted by Gasteiger charge is -2.06. The quantitative estimate of drug-likeness (QED) is 0.761. The average molecular weight is 314 g/mol. The highest BCUT2D eigenvalue weighted by atomic mass is 32.2. The van der Waals surface area contributed by atoms with Crippen LogP contribution in [0.25, 0.3) is 0 Å². The van der Waals surface area contributed by atoms with E-state index in [0.717, 1.165) is 9.79 Å². The zero-order valence-corrected chi connectivity index (χ0v) is 11.9. The van der Waals surface area contributed by atoms with Gasteiger partial charge < -0.3 is 4.74 Å². The fourth-order valence-electron chi connectivity index (χ4n) is 1.45. The lowest BCUT2D eigenvalue weighted by atomic mass is 10.2. The number of methoxy groups -OCH3 is 1. The van der Waals surface area contributed by atoms with E-state index in [2.05, 4.69) is 0 Å². The van der Waals surface area contributed by atoms with Crippen molar-refractivity contribution >= 4 is 17.7 Å². The number of carbonyl (C=O) groups is 1. The summed E-state index contributed by atoms with van der Waals surface area (Å²) in [6.45, 7) is -3.67. The Labute approximate surface area is 124 Å². The molecule has 6 heteroatoms. The molecule has 0 aliphatic heterocycles. The fraction of sp³-hybridized carbons (Fsp3) is 0.133. The van der Waals surface area contributed by atoms with Crippen molar-refractivity contribution < 1.29 is 22.7 Å². The molecule has 0 atom stereocenters. The lowest BCUT2D eigenvalue weighted by molar-refractivity contribution is 0.00818. The smallest absolute Gasteiger partial charge is 0.379 e. The van der Waals surface area contributed by atoms with E-state index in [9.17, 15) is 18.0 Å². The van der Waals surface area contributed by atoms with Crippen LogP contribution in [0.15, 0.2) is 64.4 Å². The normalized spacial score (nSPS) is 9.76. The molecule has 0 aliphatic carbocycles. The summed E-state index contributed by atoms with van der Waals surface area (Å²) in [5, 5.41) is 0. The molecule has 0 aromatic heterocycles. The Hall–Kier alpha value is -1.95. The van der Waals surface area contributed by atoms with E-state index in [1.807, 2.05) is 48.5 Å². The van der Waals surface area contributed by atoms with Crippen LogP contribution in [0.4, 0.5) is 13.2 Å². The minimum atomic E-state index is -3.67. The molecule has 0 fully saturated rings. The molecule has 0 amide bonds. The molecule has 21 heavy (non-hydrogen) atoms. The van der Waals surface area contributed by atoms with E-state index >= 15 is 0 Å². The van der Waals surface area contributed by atoms with Crippen molar-refractivity contribution in [2.45, 2.75) is 16.5 Å². The van der Waals surface area contributed by atoms with Crippen LogP contribution in [-0.4, -0.2) is 19.8 Å². The molecule has 0 heterocycles. The summed E-state index contributed by atoms with van der Waals surface area (Å²) >= 11 is 1.56. The molecule has 0 unspecified atom stereocenters. The Bertz CT molecular complexity index is 559. The first-order chi connectivity index (χ1) is 10.0. The number of alkyl halides is 3. The SMILES string of the molecule is COC(=O)c1ccccc1Sc1ccccc1.FC(F)F. The number of esters is 1. The van der Waals surface area contributed by atoms with Gasteiger partial charge >= 0.3 is 12.6 Å². The Morgan fingerprint density at radius 1 is 1.00 bits per heavy atom. The molecule has 0 N–H and O–H groups in total. The van der Waals surface area contributed by atoms with Gasteiger partial charge in [-0.2, -0.15) is 13.2 Å². The zero-order valence-electron chi connectivity index (χ0n) is 11.1. The number of rotatable bonds is 3. The summed E-state index contributed by atoms with van der Waals surface area (Å²) in [5.41, 5.74) is 0.601. The second-order valence-corrected chi connectivity index (χ2v) is 4.77. The molecule has 2 aromatic carbocycles. The van der Waals surface area contributed by atoms with Crippen molar-refractivity contribution in [3.8, 4) is 0 Å². The van der Waals surface area contributed by atoms with E-state index < -0.39 is 6.68 Å². The van der Waals surface area contributed by atoms with Crippen molar-refractivity contribution in [2.24, 2.45) is 0 Å². The summed E-state index contributed by atoms with van der Waals surface area (Å²) in [4.78, 5) is 13.6. The van der Waals surface area contributed by atoms with E-state index in [1.165, 1.54) is 7.11 Å². The van der Waals surface area contributed by atoms with E-state index in [4.69, 9.17) is 4.74 Å². The van der Waals surface area contributed by atoms with Gasteiger partial charge in [0.25, 0.3) is 0 Å².